The largest absolute Gasteiger partial charge is 0.351 e. The fourth-order valence-corrected chi connectivity index (χ4v) is 2.82. The Bertz CT molecular complexity index is 669. The van der Waals surface area contributed by atoms with E-state index < -0.39 is 0 Å². The summed E-state index contributed by atoms with van der Waals surface area (Å²) in [5.74, 6) is 0.611. The van der Waals surface area contributed by atoms with Gasteiger partial charge in [0, 0.05) is 18.3 Å². The first-order valence-electron chi connectivity index (χ1n) is 7.69. The van der Waals surface area contributed by atoms with E-state index in [1.165, 1.54) is 11.3 Å². The number of rotatable bonds is 4. The molecule has 1 unspecified atom stereocenters. The minimum absolute atomic E-state index is 0.171. The maximum Gasteiger partial charge on any atom is 0.271 e. The van der Waals surface area contributed by atoms with Gasteiger partial charge in [-0.15, -0.1) is 10.2 Å². The highest BCUT2D eigenvalue weighted by molar-refractivity contribution is 5.92. The highest BCUT2D eigenvalue weighted by Gasteiger charge is 2.27. The van der Waals surface area contributed by atoms with Crippen LogP contribution in [0.1, 0.15) is 36.3 Å². The second kappa shape index (κ2) is 6.13. The van der Waals surface area contributed by atoms with Gasteiger partial charge in [-0.25, -0.2) is 0 Å². The maximum absolute atomic E-state index is 11.9. The van der Waals surface area contributed by atoms with Crippen LogP contribution in [0.15, 0.2) is 36.4 Å². The van der Waals surface area contributed by atoms with Crippen LogP contribution in [0.25, 0.3) is 0 Å². The first-order chi connectivity index (χ1) is 10.7. The van der Waals surface area contributed by atoms with E-state index in [2.05, 4.69) is 45.5 Å². The highest BCUT2D eigenvalue weighted by atomic mass is 16.1. The highest BCUT2D eigenvalue weighted by Crippen LogP contribution is 2.36. The number of anilines is 2. The smallest absolute Gasteiger partial charge is 0.271 e. The Labute approximate surface area is 130 Å². The van der Waals surface area contributed by atoms with Crippen LogP contribution >= 0.6 is 0 Å². The van der Waals surface area contributed by atoms with E-state index in [-0.39, 0.29) is 5.91 Å². The number of amides is 1. The Hall–Kier alpha value is -2.43. The molecule has 0 fully saturated rings. The maximum atomic E-state index is 11.9. The van der Waals surface area contributed by atoms with Gasteiger partial charge >= 0.3 is 0 Å². The lowest BCUT2D eigenvalue weighted by molar-refractivity contribution is 0.0947. The molecule has 1 aromatic heterocycles. The number of hydrogen-bond donors (Lipinski definition) is 1. The summed E-state index contributed by atoms with van der Waals surface area (Å²) in [4.78, 5) is 14.0. The first-order valence-corrected chi connectivity index (χ1v) is 7.69. The summed E-state index contributed by atoms with van der Waals surface area (Å²) in [6.07, 6.45) is 1.90. The Kier molecular flexibility index (Phi) is 4.04. The van der Waals surface area contributed by atoms with Crippen LogP contribution in [0.2, 0.25) is 0 Å². The summed E-state index contributed by atoms with van der Waals surface area (Å²) in [6, 6.07) is 12.3. The van der Waals surface area contributed by atoms with Crippen LogP contribution in [0.5, 0.6) is 0 Å². The zero-order valence-electron chi connectivity index (χ0n) is 12.9. The molecular weight excluding hydrogens is 276 g/mol. The van der Waals surface area contributed by atoms with E-state index in [1.807, 2.05) is 19.1 Å². The third-order valence-corrected chi connectivity index (χ3v) is 3.87. The fourth-order valence-electron chi connectivity index (χ4n) is 2.82. The molecule has 114 valence electrons. The quantitative estimate of drug-likeness (QED) is 0.942. The van der Waals surface area contributed by atoms with Crippen molar-refractivity contribution >= 4 is 17.4 Å². The van der Waals surface area contributed by atoms with E-state index in [0.29, 0.717) is 18.3 Å². The average Bonchev–Trinajstić information content (AvgIpc) is 2.88. The number of nitrogens with zero attached hydrogens (tertiary/aromatic N) is 3. The zero-order valence-corrected chi connectivity index (χ0v) is 12.9. The second-order valence-corrected chi connectivity index (χ2v) is 5.58. The standard InChI is InChI=1S/C17H20N4O/c1-3-10-18-17(22)14-8-9-16(20-19-14)21-12(2)11-13-6-4-5-7-15(13)21/h4-9,12H,3,10-11H2,1-2H3,(H,18,22). The molecule has 1 amide bonds. The van der Waals surface area contributed by atoms with Crippen LogP contribution in [-0.4, -0.2) is 28.7 Å². The van der Waals surface area contributed by atoms with Gasteiger partial charge in [0.15, 0.2) is 11.5 Å². The molecule has 1 N–H and O–H groups in total. The summed E-state index contributed by atoms with van der Waals surface area (Å²) in [5.41, 5.74) is 2.85. The van der Waals surface area contributed by atoms with Gasteiger partial charge in [0.2, 0.25) is 0 Å². The molecule has 22 heavy (non-hydrogen) atoms. The van der Waals surface area contributed by atoms with Gasteiger partial charge in [-0.05, 0) is 43.5 Å². The van der Waals surface area contributed by atoms with Gasteiger partial charge < -0.3 is 10.2 Å². The normalized spacial score (nSPS) is 16.5. The lowest BCUT2D eigenvalue weighted by atomic mass is 10.1. The average molecular weight is 296 g/mol. The van der Waals surface area contributed by atoms with Crippen LogP contribution in [0, 0.1) is 0 Å². The van der Waals surface area contributed by atoms with Crippen molar-refractivity contribution < 1.29 is 4.79 Å². The number of para-hydroxylation sites is 1. The lowest BCUT2D eigenvalue weighted by Gasteiger charge is -2.23. The molecule has 5 nitrogen and oxygen atoms in total. The molecule has 1 atom stereocenters. The number of benzene rings is 1. The summed E-state index contributed by atoms with van der Waals surface area (Å²) in [5, 5.41) is 11.1. The van der Waals surface area contributed by atoms with Crippen molar-refractivity contribution in [1.29, 1.82) is 0 Å². The molecule has 0 radical (unpaired) electrons. The molecule has 0 spiro atoms. The Morgan fingerprint density at radius 3 is 2.82 bits per heavy atom. The molecule has 2 heterocycles. The molecule has 5 heteroatoms. The van der Waals surface area contributed by atoms with Crippen molar-refractivity contribution in [3.8, 4) is 0 Å². The van der Waals surface area contributed by atoms with Gasteiger partial charge in [-0.2, -0.15) is 0 Å². The molecule has 1 aromatic carbocycles. The molecule has 2 aromatic rings. The summed E-state index contributed by atoms with van der Waals surface area (Å²) >= 11 is 0. The molecule has 3 rings (SSSR count). The van der Waals surface area contributed by atoms with Crippen LogP contribution < -0.4 is 10.2 Å². The second-order valence-electron chi connectivity index (χ2n) is 5.58. The van der Waals surface area contributed by atoms with Crippen molar-refractivity contribution in [3.63, 3.8) is 0 Å². The van der Waals surface area contributed by atoms with Gasteiger partial charge in [0.25, 0.3) is 5.91 Å². The van der Waals surface area contributed by atoms with Crippen LogP contribution in [-0.2, 0) is 6.42 Å². The number of carbonyl (C=O) groups excluding carboxylic acids is 1. The first kappa shape index (κ1) is 14.5. The Balaban J connectivity index is 1.83. The van der Waals surface area contributed by atoms with E-state index in [0.717, 1.165) is 18.7 Å². The molecule has 0 aliphatic carbocycles. The number of aromatic nitrogens is 2. The SMILES string of the molecule is CCCNC(=O)c1ccc(N2c3ccccc3CC2C)nn1. The van der Waals surface area contributed by atoms with E-state index in [4.69, 9.17) is 0 Å². The predicted molar refractivity (Wildman–Crippen MR) is 86.4 cm³/mol. The van der Waals surface area contributed by atoms with E-state index in [1.54, 1.807) is 6.07 Å². The topological polar surface area (TPSA) is 58.1 Å². The van der Waals surface area contributed by atoms with Gasteiger partial charge in [-0.3, -0.25) is 4.79 Å². The Morgan fingerprint density at radius 1 is 1.27 bits per heavy atom. The van der Waals surface area contributed by atoms with Crippen molar-refractivity contribution in [2.24, 2.45) is 0 Å². The van der Waals surface area contributed by atoms with Crippen LogP contribution in [0.3, 0.4) is 0 Å². The summed E-state index contributed by atoms with van der Waals surface area (Å²) in [6.45, 7) is 4.84. The number of hydrogen-bond acceptors (Lipinski definition) is 4. The molecule has 0 bridgehead atoms. The molecule has 0 saturated heterocycles. The van der Waals surface area contributed by atoms with Gasteiger partial charge in [0.05, 0.1) is 0 Å². The lowest BCUT2D eigenvalue weighted by Crippen LogP contribution is -2.27. The summed E-state index contributed by atoms with van der Waals surface area (Å²) in [7, 11) is 0. The van der Waals surface area contributed by atoms with E-state index >= 15 is 0 Å². The van der Waals surface area contributed by atoms with Crippen molar-refractivity contribution in [2.45, 2.75) is 32.7 Å². The zero-order chi connectivity index (χ0) is 15.5. The van der Waals surface area contributed by atoms with Crippen molar-refractivity contribution in [3.05, 3.63) is 47.7 Å². The van der Waals surface area contributed by atoms with Crippen LogP contribution in [0.4, 0.5) is 11.5 Å². The molecule has 1 aliphatic rings. The minimum atomic E-state index is -0.171. The third kappa shape index (κ3) is 2.66. The van der Waals surface area contributed by atoms with Crippen molar-refractivity contribution in [2.75, 3.05) is 11.4 Å². The fraction of sp³-hybridized carbons (Fsp3) is 0.353. The molecule has 0 saturated carbocycles. The van der Waals surface area contributed by atoms with Gasteiger partial charge in [-0.1, -0.05) is 25.1 Å². The Morgan fingerprint density at radius 2 is 2.09 bits per heavy atom. The number of nitrogens with one attached hydrogen (secondary N) is 1. The van der Waals surface area contributed by atoms with Gasteiger partial charge in [0.1, 0.15) is 0 Å². The third-order valence-electron chi connectivity index (χ3n) is 3.87. The van der Waals surface area contributed by atoms with Crippen molar-refractivity contribution in [1.82, 2.24) is 15.5 Å². The van der Waals surface area contributed by atoms with E-state index in [9.17, 15) is 4.79 Å². The minimum Gasteiger partial charge on any atom is -0.351 e. The predicted octanol–water partition coefficient (Wildman–Crippen LogP) is 2.70. The molecular formula is C17H20N4O. The number of carbonyl (C=O) groups is 1. The summed E-state index contributed by atoms with van der Waals surface area (Å²) < 4.78 is 0. The monoisotopic (exact) mass is 296 g/mol. The molecule has 1 aliphatic heterocycles. The number of fused-ring (bicyclic) bond motifs is 1.